The van der Waals surface area contributed by atoms with Gasteiger partial charge >= 0.3 is 0 Å². The van der Waals surface area contributed by atoms with Crippen molar-refractivity contribution in [2.45, 2.75) is 39.8 Å². The maximum atomic E-state index is 5.78. The molecule has 5 nitrogen and oxygen atoms in total. The van der Waals surface area contributed by atoms with Crippen molar-refractivity contribution in [1.29, 1.82) is 0 Å². The Morgan fingerprint density at radius 1 is 1.40 bits per heavy atom. The number of halogens is 1. The van der Waals surface area contributed by atoms with Crippen LogP contribution in [0, 0.1) is 13.8 Å². The highest BCUT2D eigenvalue weighted by atomic mass is 79.9. The molecule has 0 fully saturated rings. The number of hydrogen-bond acceptors (Lipinski definition) is 4. The van der Waals surface area contributed by atoms with Crippen LogP contribution < -0.4 is 11.3 Å². The molecule has 3 N–H and O–H groups in total. The summed E-state index contributed by atoms with van der Waals surface area (Å²) in [5, 5.41) is 4.39. The highest BCUT2D eigenvalue weighted by Gasteiger charge is 2.23. The van der Waals surface area contributed by atoms with E-state index in [0.717, 1.165) is 40.0 Å². The predicted molar refractivity (Wildman–Crippen MR) is 83.1 cm³/mol. The minimum atomic E-state index is -0.181. The molecule has 0 radical (unpaired) electrons. The second-order valence-corrected chi connectivity index (χ2v) is 5.77. The van der Waals surface area contributed by atoms with Crippen LogP contribution in [0.2, 0.25) is 0 Å². The Hall–Kier alpha value is -1.24. The third-order valence-electron chi connectivity index (χ3n) is 3.24. The minimum Gasteiger partial charge on any atom is -0.270 e. The van der Waals surface area contributed by atoms with Gasteiger partial charge < -0.3 is 0 Å². The summed E-state index contributed by atoms with van der Waals surface area (Å²) in [5.74, 6) is 5.78. The van der Waals surface area contributed by atoms with Crippen molar-refractivity contribution < 1.29 is 0 Å². The Morgan fingerprint density at radius 3 is 2.75 bits per heavy atom. The second kappa shape index (κ2) is 6.47. The molecule has 1 unspecified atom stereocenters. The third kappa shape index (κ3) is 2.92. The molecule has 108 valence electrons. The molecule has 2 aromatic rings. The van der Waals surface area contributed by atoms with Crippen LogP contribution in [-0.2, 0) is 6.54 Å². The van der Waals surface area contributed by atoms with Crippen LogP contribution in [0.4, 0.5) is 0 Å². The Balaban J connectivity index is 2.49. The number of aromatic nitrogens is 3. The average molecular weight is 338 g/mol. The number of hydrazine groups is 1. The highest BCUT2D eigenvalue weighted by Crippen LogP contribution is 2.29. The van der Waals surface area contributed by atoms with Crippen LogP contribution in [0.5, 0.6) is 0 Å². The summed E-state index contributed by atoms with van der Waals surface area (Å²) >= 11 is 3.56. The van der Waals surface area contributed by atoms with Gasteiger partial charge in [0.15, 0.2) is 0 Å². The lowest BCUT2D eigenvalue weighted by atomic mass is 10.0. The molecule has 0 aliphatic heterocycles. The standard InChI is InChI=1S/C14H20BrN5/c1-4-5-20-14(11(15)8-18-20)13(19-16)12-10(3)6-9(2)7-17-12/h6-8,13,19H,4-5,16H2,1-3H3. The van der Waals surface area contributed by atoms with Gasteiger partial charge in [0.25, 0.3) is 0 Å². The molecular formula is C14H20BrN5. The molecule has 0 aromatic carbocycles. The number of aryl methyl sites for hydroxylation is 3. The van der Waals surface area contributed by atoms with Crippen LogP contribution in [0.3, 0.4) is 0 Å². The summed E-state index contributed by atoms with van der Waals surface area (Å²) in [6, 6.07) is 1.93. The van der Waals surface area contributed by atoms with Crippen LogP contribution >= 0.6 is 15.9 Å². The first-order valence-electron chi connectivity index (χ1n) is 6.69. The van der Waals surface area contributed by atoms with E-state index in [4.69, 9.17) is 5.84 Å². The van der Waals surface area contributed by atoms with Gasteiger partial charge in [-0.3, -0.25) is 15.5 Å². The van der Waals surface area contributed by atoms with Crippen molar-refractivity contribution >= 4 is 15.9 Å². The van der Waals surface area contributed by atoms with E-state index in [1.54, 1.807) is 6.20 Å². The molecule has 1 atom stereocenters. The lowest BCUT2D eigenvalue weighted by molar-refractivity contribution is 0.512. The van der Waals surface area contributed by atoms with Crippen molar-refractivity contribution in [3.05, 3.63) is 45.4 Å². The first-order chi connectivity index (χ1) is 9.58. The molecule has 0 saturated heterocycles. The first kappa shape index (κ1) is 15.2. The van der Waals surface area contributed by atoms with Crippen LogP contribution in [0.1, 0.15) is 41.9 Å². The van der Waals surface area contributed by atoms with Gasteiger partial charge in [0, 0.05) is 12.7 Å². The number of nitrogens with zero attached hydrogens (tertiary/aromatic N) is 3. The number of nitrogens with one attached hydrogen (secondary N) is 1. The Kier molecular flexibility index (Phi) is 4.91. The number of hydrogen-bond donors (Lipinski definition) is 2. The van der Waals surface area contributed by atoms with Crippen molar-refractivity contribution in [3.63, 3.8) is 0 Å². The van der Waals surface area contributed by atoms with Crippen LogP contribution in [0.15, 0.2) is 22.9 Å². The minimum absolute atomic E-state index is 0.181. The highest BCUT2D eigenvalue weighted by molar-refractivity contribution is 9.10. The molecule has 6 heteroatoms. The van der Waals surface area contributed by atoms with Crippen molar-refractivity contribution in [2.24, 2.45) is 5.84 Å². The van der Waals surface area contributed by atoms with Crippen LogP contribution in [-0.4, -0.2) is 14.8 Å². The molecule has 0 saturated carbocycles. The van der Waals surface area contributed by atoms with Gasteiger partial charge in [-0.15, -0.1) is 0 Å². The molecule has 0 bridgehead atoms. The Morgan fingerprint density at radius 2 is 2.15 bits per heavy atom. The number of rotatable bonds is 5. The maximum absolute atomic E-state index is 5.78. The van der Waals surface area contributed by atoms with Gasteiger partial charge in [-0.2, -0.15) is 5.10 Å². The quantitative estimate of drug-likeness (QED) is 0.650. The van der Waals surface area contributed by atoms with Gasteiger partial charge in [-0.25, -0.2) is 5.43 Å². The van der Waals surface area contributed by atoms with Crippen molar-refractivity contribution in [1.82, 2.24) is 20.2 Å². The van der Waals surface area contributed by atoms with E-state index in [9.17, 15) is 0 Å². The predicted octanol–water partition coefficient (Wildman–Crippen LogP) is 2.62. The van der Waals surface area contributed by atoms with Gasteiger partial charge in [0.05, 0.1) is 22.1 Å². The molecule has 2 rings (SSSR count). The molecule has 20 heavy (non-hydrogen) atoms. The van der Waals surface area contributed by atoms with E-state index < -0.39 is 0 Å². The normalized spacial score (nSPS) is 12.7. The first-order valence-corrected chi connectivity index (χ1v) is 7.48. The Labute approximate surface area is 127 Å². The maximum Gasteiger partial charge on any atom is 0.106 e. The molecule has 0 aliphatic rings. The van der Waals surface area contributed by atoms with E-state index in [-0.39, 0.29) is 6.04 Å². The second-order valence-electron chi connectivity index (χ2n) is 4.92. The lowest BCUT2D eigenvalue weighted by Gasteiger charge is -2.20. The largest absolute Gasteiger partial charge is 0.270 e. The zero-order chi connectivity index (χ0) is 14.7. The van der Waals surface area contributed by atoms with E-state index in [1.807, 2.05) is 24.7 Å². The van der Waals surface area contributed by atoms with Gasteiger partial charge in [-0.1, -0.05) is 13.0 Å². The van der Waals surface area contributed by atoms with E-state index in [0.29, 0.717) is 0 Å². The average Bonchev–Trinajstić information content (AvgIpc) is 2.75. The molecular weight excluding hydrogens is 318 g/mol. The summed E-state index contributed by atoms with van der Waals surface area (Å²) in [7, 11) is 0. The van der Waals surface area contributed by atoms with Crippen molar-refractivity contribution in [2.75, 3.05) is 0 Å². The van der Waals surface area contributed by atoms with E-state index in [2.05, 4.69) is 44.4 Å². The van der Waals surface area contributed by atoms with Crippen molar-refractivity contribution in [3.8, 4) is 0 Å². The molecule has 2 aromatic heterocycles. The van der Waals surface area contributed by atoms with Gasteiger partial charge in [-0.05, 0) is 47.3 Å². The zero-order valence-electron chi connectivity index (χ0n) is 12.0. The smallest absolute Gasteiger partial charge is 0.106 e. The topological polar surface area (TPSA) is 68.8 Å². The monoisotopic (exact) mass is 337 g/mol. The SMILES string of the molecule is CCCn1ncc(Br)c1C(NN)c1ncc(C)cc1C. The summed E-state index contributed by atoms with van der Waals surface area (Å²) in [4.78, 5) is 4.54. The zero-order valence-corrected chi connectivity index (χ0v) is 13.6. The molecule has 0 spiro atoms. The summed E-state index contributed by atoms with van der Waals surface area (Å²) in [5.41, 5.74) is 7.06. The fourth-order valence-electron chi connectivity index (χ4n) is 2.36. The molecule has 0 amide bonds. The third-order valence-corrected chi connectivity index (χ3v) is 3.85. The number of nitrogens with two attached hydrogens (primary N) is 1. The summed E-state index contributed by atoms with van der Waals surface area (Å²) < 4.78 is 2.91. The Bertz CT molecular complexity index is 593. The van der Waals surface area contributed by atoms with Crippen LogP contribution in [0.25, 0.3) is 0 Å². The van der Waals surface area contributed by atoms with E-state index >= 15 is 0 Å². The van der Waals surface area contributed by atoms with E-state index in [1.165, 1.54) is 0 Å². The molecule has 0 aliphatic carbocycles. The summed E-state index contributed by atoms with van der Waals surface area (Å²) in [6.07, 6.45) is 4.68. The van der Waals surface area contributed by atoms with Gasteiger partial charge in [0.1, 0.15) is 6.04 Å². The summed E-state index contributed by atoms with van der Waals surface area (Å²) in [6.45, 7) is 7.06. The lowest BCUT2D eigenvalue weighted by Crippen LogP contribution is -2.32. The van der Waals surface area contributed by atoms with Gasteiger partial charge in [0.2, 0.25) is 0 Å². The fourth-order valence-corrected chi connectivity index (χ4v) is 2.89. The molecule has 2 heterocycles. The number of pyridine rings is 1. The fraction of sp³-hybridized carbons (Fsp3) is 0.429.